The van der Waals surface area contributed by atoms with E-state index in [1.807, 2.05) is 0 Å². The molecular weight excluding hydrogens is 227 g/mol. The number of carbonyl (C=O) groups excluding carboxylic acids is 1. The van der Waals surface area contributed by atoms with E-state index in [0.717, 1.165) is 0 Å². The molecule has 4 heteroatoms. The van der Waals surface area contributed by atoms with Crippen LogP contribution in [0.25, 0.3) is 0 Å². The summed E-state index contributed by atoms with van der Waals surface area (Å²) in [6.07, 6.45) is 0.429. The first kappa shape index (κ1) is 9.19. The van der Waals surface area contributed by atoms with Crippen LogP contribution in [-0.2, 0) is 0 Å². The third kappa shape index (κ3) is 1.48. The molecule has 64 valence electrons. The zero-order valence-electron chi connectivity index (χ0n) is 6.30. The summed E-state index contributed by atoms with van der Waals surface area (Å²) in [7, 11) is 1.38. The van der Waals surface area contributed by atoms with Crippen LogP contribution in [0.4, 0.5) is 4.39 Å². The monoisotopic (exact) mass is 232 g/mol. The Hall–Kier alpha value is -0.900. The maximum Gasteiger partial charge on any atom is 0.156 e. The zero-order chi connectivity index (χ0) is 9.14. The lowest BCUT2D eigenvalue weighted by atomic mass is 10.2. The molecule has 12 heavy (non-hydrogen) atoms. The van der Waals surface area contributed by atoms with Gasteiger partial charge in [-0.1, -0.05) is 0 Å². The van der Waals surface area contributed by atoms with Gasteiger partial charge in [0, 0.05) is 0 Å². The second-order valence-electron chi connectivity index (χ2n) is 2.10. The summed E-state index contributed by atoms with van der Waals surface area (Å²) in [5.74, 6) is -0.352. The molecule has 0 bridgehead atoms. The van der Waals surface area contributed by atoms with E-state index < -0.39 is 5.82 Å². The van der Waals surface area contributed by atoms with E-state index in [9.17, 15) is 9.18 Å². The maximum absolute atomic E-state index is 13.1. The Morgan fingerprint density at radius 1 is 1.58 bits per heavy atom. The van der Waals surface area contributed by atoms with Crippen LogP contribution in [0.1, 0.15) is 10.4 Å². The molecule has 0 N–H and O–H groups in total. The highest BCUT2D eigenvalue weighted by Gasteiger charge is 2.10. The second kappa shape index (κ2) is 3.67. The summed E-state index contributed by atoms with van der Waals surface area (Å²) in [6.45, 7) is 0. The zero-order valence-corrected chi connectivity index (χ0v) is 7.89. The van der Waals surface area contributed by atoms with Gasteiger partial charge < -0.3 is 4.74 Å². The smallest absolute Gasteiger partial charge is 0.156 e. The number of hydrogen-bond donors (Lipinski definition) is 0. The van der Waals surface area contributed by atoms with Crippen LogP contribution < -0.4 is 4.74 Å². The average molecular weight is 233 g/mol. The molecule has 0 aromatic heterocycles. The number of hydrogen-bond acceptors (Lipinski definition) is 2. The fourth-order valence-electron chi connectivity index (χ4n) is 0.836. The van der Waals surface area contributed by atoms with Gasteiger partial charge in [-0.25, -0.2) is 4.39 Å². The quantitative estimate of drug-likeness (QED) is 0.733. The number of aldehydes is 1. The molecule has 2 nitrogen and oxygen atoms in total. The molecule has 0 amide bonds. The van der Waals surface area contributed by atoms with E-state index in [-0.39, 0.29) is 15.8 Å². The largest absolute Gasteiger partial charge is 0.496 e. The minimum atomic E-state index is -0.593. The highest BCUT2D eigenvalue weighted by molar-refractivity contribution is 9.10. The molecule has 1 aromatic carbocycles. The minimum absolute atomic E-state index is 0.0631. The molecule has 0 unspecified atom stereocenters. The van der Waals surface area contributed by atoms with Crippen LogP contribution in [0, 0.1) is 5.82 Å². The standard InChI is InChI=1S/C8H6BrFO2/c1-12-7-3-2-6(9)8(10)5(7)4-11/h2-4H,1H3. The van der Waals surface area contributed by atoms with Crippen molar-refractivity contribution in [3.63, 3.8) is 0 Å². The molecule has 1 aromatic rings. The van der Waals surface area contributed by atoms with Crippen molar-refractivity contribution in [3.05, 3.63) is 28.0 Å². The third-order valence-electron chi connectivity index (χ3n) is 1.43. The SMILES string of the molecule is COc1ccc(Br)c(F)c1C=O. The molecule has 0 aliphatic carbocycles. The van der Waals surface area contributed by atoms with Gasteiger partial charge in [0.15, 0.2) is 12.1 Å². The Balaban J connectivity index is 3.35. The van der Waals surface area contributed by atoms with Crippen molar-refractivity contribution >= 4 is 22.2 Å². The fraction of sp³-hybridized carbons (Fsp3) is 0.125. The first-order valence-electron chi connectivity index (χ1n) is 3.18. The normalized spacial score (nSPS) is 9.58. The molecule has 0 radical (unpaired) electrons. The van der Waals surface area contributed by atoms with E-state index in [1.165, 1.54) is 19.2 Å². The average Bonchev–Trinajstić information content (AvgIpc) is 2.09. The van der Waals surface area contributed by atoms with Crippen LogP contribution in [0.2, 0.25) is 0 Å². The number of rotatable bonds is 2. The van der Waals surface area contributed by atoms with E-state index in [4.69, 9.17) is 4.74 Å². The van der Waals surface area contributed by atoms with Gasteiger partial charge in [-0.05, 0) is 28.1 Å². The molecular formula is C8H6BrFO2. The van der Waals surface area contributed by atoms with Crippen LogP contribution in [0.15, 0.2) is 16.6 Å². The van der Waals surface area contributed by atoms with Crippen molar-refractivity contribution in [1.82, 2.24) is 0 Å². The predicted octanol–water partition coefficient (Wildman–Crippen LogP) is 2.41. The van der Waals surface area contributed by atoms with Crippen molar-refractivity contribution in [1.29, 1.82) is 0 Å². The molecule has 0 atom stereocenters. The highest BCUT2D eigenvalue weighted by atomic mass is 79.9. The van der Waals surface area contributed by atoms with Crippen molar-refractivity contribution < 1.29 is 13.9 Å². The van der Waals surface area contributed by atoms with Gasteiger partial charge in [-0.3, -0.25) is 4.79 Å². The predicted molar refractivity (Wildman–Crippen MR) is 46.0 cm³/mol. The summed E-state index contributed by atoms with van der Waals surface area (Å²) in [5.41, 5.74) is -0.0631. The Morgan fingerprint density at radius 2 is 2.25 bits per heavy atom. The molecule has 0 spiro atoms. The minimum Gasteiger partial charge on any atom is -0.496 e. The van der Waals surface area contributed by atoms with Gasteiger partial charge in [0.05, 0.1) is 17.1 Å². The molecule has 1 rings (SSSR count). The van der Waals surface area contributed by atoms with Gasteiger partial charge in [-0.2, -0.15) is 0 Å². The van der Waals surface area contributed by atoms with Crippen LogP contribution in [-0.4, -0.2) is 13.4 Å². The topological polar surface area (TPSA) is 26.3 Å². The lowest BCUT2D eigenvalue weighted by molar-refractivity contribution is 0.111. The number of halogens is 2. The van der Waals surface area contributed by atoms with Crippen molar-refractivity contribution in [3.8, 4) is 5.75 Å². The number of carbonyl (C=O) groups is 1. The van der Waals surface area contributed by atoms with Crippen LogP contribution in [0.3, 0.4) is 0 Å². The second-order valence-corrected chi connectivity index (χ2v) is 2.95. The Kier molecular flexibility index (Phi) is 2.81. The van der Waals surface area contributed by atoms with Crippen LogP contribution in [0.5, 0.6) is 5.75 Å². The lowest BCUT2D eigenvalue weighted by Crippen LogP contribution is -1.94. The summed E-state index contributed by atoms with van der Waals surface area (Å²) >= 11 is 2.96. The summed E-state index contributed by atoms with van der Waals surface area (Å²) in [6, 6.07) is 3.01. The third-order valence-corrected chi connectivity index (χ3v) is 2.04. The molecule has 0 aliphatic heterocycles. The van der Waals surface area contributed by atoms with E-state index in [0.29, 0.717) is 6.29 Å². The fourth-order valence-corrected chi connectivity index (χ4v) is 1.18. The van der Waals surface area contributed by atoms with Gasteiger partial charge >= 0.3 is 0 Å². The first-order chi connectivity index (χ1) is 5.70. The maximum atomic E-state index is 13.1. The van der Waals surface area contributed by atoms with E-state index in [2.05, 4.69) is 15.9 Å². The Morgan fingerprint density at radius 3 is 2.75 bits per heavy atom. The lowest BCUT2D eigenvalue weighted by Gasteiger charge is -2.04. The Labute approximate surface area is 77.5 Å². The van der Waals surface area contributed by atoms with Gasteiger partial charge in [-0.15, -0.1) is 0 Å². The molecule has 0 aliphatic rings. The highest BCUT2D eigenvalue weighted by Crippen LogP contribution is 2.25. The van der Waals surface area contributed by atoms with Gasteiger partial charge in [0.2, 0.25) is 0 Å². The van der Waals surface area contributed by atoms with Crippen molar-refractivity contribution in [2.24, 2.45) is 0 Å². The van der Waals surface area contributed by atoms with E-state index >= 15 is 0 Å². The molecule has 0 saturated carbocycles. The molecule has 0 saturated heterocycles. The molecule has 0 fully saturated rings. The number of ether oxygens (including phenoxy) is 1. The van der Waals surface area contributed by atoms with Crippen LogP contribution >= 0.6 is 15.9 Å². The summed E-state index contributed by atoms with van der Waals surface area (Å²) < 4.78 is 18.1. The summed E-state index contributed by atoms with van der Waals surface area (Å²) in [4.78, 5) is 10.4. The van der Waals surface area contributed by atoms with Crippen molar-refractivity contribution in [2.45, 2.75) is 0 Å². The van der Waals surface area contributed by atoms with Gasteiger partial charge in [0.1, 0.15) is 5.75 Å². The van der Waals surface area contributed by atoms with Crippen molar-refractivity contribution in [2.75, 3.05) is 7.11 Å². The summed E-state index contributed by atoms with van der Waals surface area (Å²) in [5, 5.41) is 0. The Bertz CT molecular complexity index is 312. The first-order valence-corrected chi connectivity index (χ1v) is 3.97. The number of benzene rings is 1. The van der Waals surface area contributed by atoms with Gasteiger partial charge in [0.25, 0.3) is 0 Å². The number of methoxy groups -OCH3 is 1. The van der Waals surface area contributed by atoms with E-state index in [1.54, 1.807) is 0 Å². The molecule has 0 heterocycles.